The molecule has 30 heavy (non-hydrogen) atoms. The van der Waals surface area contributed by atoms with E-state index in [1.807, 2.05) is 13.0 Å². The van der Waals surface area contributed by atoms with Crippen molar-refractivity contribution in [2.24, 2.45) is 0 Å². The maximum atomic E-state index is 12.4. The van der Waals surface area contributed by atoms with Crippen LogP contribution in [0.2, 0.25) is 0 Å². The molecule has 0 saturated heterocycles. The van der Waals surface area contributed by atoms with Gasteiger partial charge in [-0.2, -0.15) is 0 Å². The van der Waals surface area contributed by atoms with Gasteiger partial charge in [0.05, 0.1) is 16.8 Å². The van der Waals surface area contributed by atoms with E-state index in [0.29, 0.717) is 22.5 Å². The van der Waals surface area contributed by atoms with Crippen molar-refractivity contribution >= 4 is 40.0 Å². The van der Waals surface area contributed by atoms with Crippen molar-refractivity contribution in [3.63, 3.8) is 0 Å². The number of hydrogen-bond donors (Lipinski definition) is 4. The van der Waals surface area contributed by atoms with E-state index in [-0.39, 0.29) is 36.1 Å². The van der Waals surface area contributed by atoms with E-state index >= 15 is 0 Å². The highest BCUT2D eigenvalue weighted by atomic mass is 16.2. The number of benzene rings is 2. The predicted molar refractivity (Wildman–Crippen MR) is 113 cm³/mol. The number of aromatic amines is 1. The van der Waals surface area contributed by atoms with Gasteiger partial charge in [-0.15, -0.1) is 0 Å². The van der Waals surface area contributed by atoms with Gasteiger partial charge < -0.3 is 20.9 Å². The SMILES string of the molecule is Cc1cc(=O)[nH]c2cc(NC(=O)CCC3NC(=O)c4ccccc4NC3=O)ccc12. The highest BCUT2D eigenvalue weighted by Crippen LogP contribution is 2.21. The Hall–Kier alpha value is -3.94. The van der Waals surface area contributed by atoms with Crippen LogP contribution in [-0.2, 0) is 9.59 Å². The van der Waals surface area contributed by atoms with Crippen molar-refractivity contribution < 1.29 is 14.4 Å². The summed E-state index contributed by atoms with van der Waals surface area (Å²) in [6.45, 7) is 1.85. The molecular weight excluding hydrogens is 384 g/mol. The number of fused-ring (bicyclic) bond motifs is 2. The van der Waals surface area contributed by atoms with Gasteiger partial charge in [-0.3, -0.25) is 19.2 Å². The standard InChI is InChI=1S/C22H20N4O4/c1-12-10-20(28)24-18-11-13(6-7-14(12)18)23-19(27)9-8-17-22(30)25-16-5-3-2-4-15(16)21(29)26-17/h2-7,10-11,17H,8-9H2,1H3,(H,23,27)(H,24,28)(H,25,30)(H,26,29). The second-order valence-electron chi connectivity index (χ2n) is 7.22. The van der Waals surface area contributed by atoms with E-state index in [1.165, 1.54) is 6.07 Å². The molecule has 4 N–H and O–H groups in total. The summed E-state index contributed by atoms with van der Waals surface area (Å²) in [5, 5.41) is 9.05. The topological polar surface area (TPSA) is 120 Å². The summed E-state index contributed by atoms with van der Waals surface area (Å²) >= 11 is 0. The minimum atomic E-state index is -0.814. The smallest absolute Gasteiger partial charge is 0.254 e. The molecule has 1 unspecified atom stereocenters. The average molecular weight is 404 g/mol. The molecule has 0 fully saturated rings. The lowest BCUT2D eigenvalue weighted by atomic mass is 10.1. The number of para-hydroxylation sites is 1. The Morgan fingerprint density at radius 2 is 1.87 bits per heavy atom. The van der Waals surface area contributed by atoms with Gasteiger partial charge in [0.2, 0.25) is 17.4 Å². The first-order chi connectivity index (χ1) is 14.4. The third-order valence-corrected chi connectivity index (χ3v) is 5.05. The Balaban J connectivity index is 1.41. The van der Waals surface area contributed by atoms with Gasteiger partial charge in [-0.05, 0) is 43.2 Å². The molecule has 1 aliphatic heterocycles. The number of nitrogens with one attached hydrogen (secondary N) is 4. The van der Waals surface area contributed by atoms with Gasteiger partial charge >= 0.3 is 0 Å². The van der Waals surface area contributed by atoms with Crippen LogP contribution in [-0.4, -0.2) is 28.7 Å². The molecule has 1 aromatic heterocycles. The number of H-pyrrole nitrogens is 1. The molecule has 4 rings (SSSR count). The molecule has 3 amide bonds. The second-order valence-corrected chi connectivity index (χ2v) is 7.22. The molecule has 0 spiro atoms. The normalized spacial score (nSPS) is 15.7. The van der Waals surface area contributed by atoms with E-state index in [4.69, 9.17) is 0 Å². The van der Waals surface area contributed by atoms with Crippen LogP contribution in [0.25, 0.3) is 10.9 Å². The molecule has 1 aliphatic rings. The molecule has 0 radical (unpaired) electrons. The van der Waals surface area contributed by atoms with Crippen molar-refractivity contribution in [1.29, 1.82) is 0 Å². The maximum absolute atomic E-state index is 12.4. The molecule has 3 aromatic rings. The van der Waals surface area contributed by atoms with E-state index in [0.717, 1.165) is 10.9 Å². The highest BCUT2D eigenvalue weighted by molar-refractivity contribution is 6.10. The fourth-order valence-corrected chi connectivity index (χ4v) is 3.53. The third kappa shape index (κ3) is 3.93. The van der Waals surface area contributed by atoms with Crippen LogP contribution in [0.15, 0.2) is 53.3 Å². The molecule has 0 aliphatic carbocycles. The molecular formula is C22H20N4O4. The van der Waals surface area contributed by atoms with Crippen LogP contribution < -0.4 is 21.5 Å². The number of anilines is 2. The number of carbonyl (C=O) groups is 3. The fraction of sp³-hybridized carbons (Fsp3) is 0.182. The number of aromatic nitrogens is 1. The lowest BCUT2D eigenvalue weighted by Gasteiger charge is -2.14. The van der Waals surface area contributed by atoms with Crippen molar-refractivity contribution in [2.75, 3.05) is 10.6 Å². The van der Waals surface area contributed by atoms with Crippen molar-refractivity contribution in [3.8, 4) is 0 Å². The minimum Gasteiger partial charge on any atom is -0.340 e. The molecule has 2 aromatic carbocycles. The number of aryl methyl sites for hydroxylation is 1. The van der Waals surface area contributed by atoms with Gasteiger partial charge in [-0.1, -0.05) is 18.2 Å². The van der Waals surface area contributed by atoms with Crippen LogP contribution in [0.5, 0.6) is 0 Å². The summed E-state index contributed by atoms with van der Waals surface area (Å²) in [6.07, 6.45) is 0.192. The zero-order valence-electron chi connectivity index (χ0n) is 16.2. The summed E-state index contributed by atoms with van der Waals surface area (Å²) in [4.78, 5) is 51.6. The lowest BCUT2D eigenvalue weighted by Crippen LogP contribution is -2.41. The number of carbonyl (C=O) groups excluding carboxylic acids is 3. The fourth-order valence-electron chi connectivity index (χ4n) is 3.53. The van der Waals surface area contributed by atoms with Crippen molar-refractivity contribution in [3.05, 3.63) is 70.0 Å². The van der Waals surface area contributed by atoms with Crippen LogP contribution >= 0.6 is 0 Å². The number of pyridine rings is 1. The Labute approximate surface area is 171 Å². The van der Waals surface area contributed by atoms with E-state index in [2.05, 4.69) is 20.9 Å². The number of rotatable bonds is 4. The minimum absolute atomic E-state index is 0.0388. The van der Waals surface area contributed by atoms with E-state index < -0.39 is 6.04 Å². The summed E-state index contributed by atoms with van der Waals surface area (Å²) in [7, 11) is 0. The third-order valence-electron chi connectivity index (χ3n) is 5.05. The Kier molecular flexibility index (Phi) is 5.05. The van der Waals surface area contributed by atoms with Gasteiger partial charge in [-0.25, -0.2) is 0 Å². The maximum Gasteiger partial charge on any atom is 0.254 e. The monoisotopic (exact) mass is 404 g/mol. The zero-order chi connectivity index (χ0) is 21.3. The molecule has 152 valence electrons. The molecule has 2 heterocycles. The lowest BCUT2D eigenvalue weighted by molar-refractivity contribution is -0.118. The first kappa shape index (κ1) is 19.4. The van der Waals surface area contributed by atoms with Gasteiger partial charge in [0.1, 0.15) is 6.04 Å². The van der Waals surface area contributed by atoms with Crippen molar-refractivity contribution in [1.82, 2.24) is 10.3 Å². The second kappa shape index (κ2) is 7.82. The van der Waals surface area contributed by atoms with Crippen molar-refractivity contribution in [2.45, 2.75) is 25.8 Å². The quantitative estimate of drug-likeness (QED) is 0.533. The van der Waals surface area contributed by atoms with Crippen LogP contribution in [0.4, 0.5) is 11.4 Å². The molecule has 8 heteroatoms. The Morgan fingerprint density at radius 1 is 1.07 bits per heavy atom. The van der Waals surface area contributed by atoms with Gasteiger partial charge in [0.15, 0.2) is 0 Å². The van der Waals surface area contributed by atoms with Crippen LogP contribution in [0.3, 0.4) is 0 Å². The summed E-state index contributed by atoms with van der Waals surface area (Å²) in [6, 6.07) is 12.7. The van der Waals surface area contributed by atoms with Gasteiger partial charge in [0, 0.05) is 23.6 Å². The largest absolute Gasteiger partial charge is 0.340 e. The highest BCUT2D eigenvalue weighted by Gasteiger charge is 2.27. The first-order valence-corrected chi connectivity index (χ1v) is 9.55. The van der Waals surface area contributed by atoms with Gasteiger partial charge in [0.25, 0.3) is 5.91 Å². The predicted octanol–water partition coefficient (Wildman–Crippen LogP) is 2.31. The number of hydrogen-bond acceptors (Lipinski definition) is 4. The Morgan fingerprint density at radius 3 is 2.70 bits per heavy atom. The molecule has 0 saturated carbocycles. The summed E-state index contributed by atoms with van der Waals surface area (Å²) < 4.78 is 0. The summed E-state index contributed by atoms with van der Waals surface area (Å²) in [5.41, 5.74) is 2.65. The summed E-state index contributed by atoms with van der Waals surface area (Å²) in [5.74, 6) is -1.02. The zero-order valence-corrected chi connectivity index (χ0v) is 16.2. The van der Waals surface area contributed by atoms with Crippen LogP contribution in [0, 0.1) is 6.92 Å². The van der Waals surface area contributed by atoms with Crippen LogP contribution in [0.1, 0.15) is 28.8 Å². The first-order valence-electron chi connectivity index (χ1n) is 9.55. The molecule has 1 atom stereocenters. The number of amides is 3. The average Bonchev–Trinajstić information content (AvgIpc) is 2.82. The van der Waals surface area contributed by atoms with E-state index in [9.17, 15) is 19.2 Å². The Bertz CT molecular complexity index is 1230. The molecule has 8 nitrogen and oxygen atoms in total. The van der Waals surface area contributed by atoms with E-state index in [1.54, 1.807) is 36.4 Å². The molecule has 0 bridgehead atoms.